The first-order chi connectivity index (χ1) is 14.1. The first-order valence-electron chi connectivity index (χ1n) is 10.6. The van der Waals surface area contributed by atoms with Gasteiger partial charge >= 0.3 is 0 Å². The van der Waals surface area contributed by atoms with Crippen LogP contribution in [0.15, 0.2) is 18.2 Å². The second kappa shape index (κ2) is 9.05. The minimum Gasteiger partial charge on any atom is -0.467 e. The smallest absolute Gasteiger partial charge is 0.243 e. The maximum absolute atomic E-state index is 5.93. The molecule has 0 bridgehead atoms. The van der Waals surface area contributed by atoms with Crippen LogP contribution >= 0.6 is 0 Å². The number of aryl methyl sites for hydroxylation is 1. The fourth-order valence-corrected chi connectivity index (χ4v) is 3.89. The number of anilines is 1. The van der Waals surface area contributed by atoms with Crippen molar-refractivity contribution < 1.29 is 9.47 Å². The molecule has 0 spiro atoms. The van der Waals surface area contributed by atoms with Gasteiger partial charge in [-0.25, -0.2) is 4.98 Å². The Kier molecular flexibility index (Phi) is 6.25. The van der Waals surface area contributed by atoms with E-state index in [1.54, 1.807) is 0 Å². The molecule has 7 heteroatoms. The molecule has 2 fully saturated rings. The highest BCUT2D eigenvalue weighted by molar-refractivity contribution is 5.69. The fraction of sp³-hybridized carbons (Fsp3) is 0.591. The molecule has 1 aromatic carbocycles. The van der Waals surface area contributed by atoms with E-state index in [0.29, 0.717) is 24.5 Å². The van der Waals surface area contributed by atoms with Gasteiger partial charge in [0.1, 0.15) is 11.4 Å². The van der Waals surface area contributed by atoms with Gasteiger partial charge in [-0.3, -0.25) is 0 Å². The number of hydrogen-bond donors (Lipinski definition) is 1. The largest absolute Gasteiger partial charge is 0.467 e. The Labute approximate surface area is 172 Å². The first kappa shape index (κ1) is 20.0. The Morgan fingerprint density at radius 1 is 1.21 bits per heavy atom. The first-order valence-corrected chi connectivity index (χ1v) is 10.6. The van der Waals surface area contributed by atoms with Gasteiger partial charge < -0.3 is 19.7 Å². The van der Waals surface area contributed by atoms with E-state index in [-0.39, 0.29) is 6.79 Å². The average molecular weight is 398 g/mol. The van der Waals surface area contributed by atoms with Gasteiger partial charge in [0, 0.05) is 24.8 Å². The molecule has 2 aliphatic rings. The molecule has 7 nitrogen and oxygen atoms in total. The summed E-state index contributed by atoms with van der Waals surface area (Å²) in [5, 5.41) is 12.3. The molecule has 0 amide bonds. The normalized spacial score (nSPS) is 19.9. The molecule has 1 atom stereocenters. The van der Waals surface area contributed by atoms with Gasteiger partial charge in [0.05, 0.1) is 5.69 Å². The van der Waals surface area contributed by atoms with E-state index in [4.69, 9.17) is 9.47 Å². The molecule has 2 aromatic rings. The van der Waals surface area contributed by atoms with Crippen molar-refractivity contribution in [2.75, 3.05) is 38.9 Å². The number of ether oxygens (including phenoxy) is 2. The van der Waals surface area contributed by atoms with E-state index < -0.39 is 0 Å². The fourth-order valence-electron chi connectivity index (χ4n) is 3.89. The number of piperidine rings is 1. The zero-order valence-corrected chi connectivity index (χ0v) is 17.6. The number of hydrogen-bond acceptors (Lipinski definition) is 7. The van der Waals surface area contributed by atoms with E-state index in [0.717, 1.165) is 42.2 Å². The topological polar surface area (TPSA) is 72.4 Å². The summed E-state index contributed by atoms with van der Waals surface area (Å²) < 4.78 is 11.3. The lowest BCUT2D eigenvalue weighted by atomic mass is 10.0. The maximum atomic E-state index is 5.93. The third-order valence-electron chi connectivity index (χ3n) is 5.63. The Morgan fingerprint density at radius 2 is 2.07 bits per heavy atom. The van der Waals surface area contributed by atoms with Gasteiger partial charge in [0.25, 0.3) is 0 Å². The summed E-state index contributed by atoms with van der Waals surface area (Å²) in [5.41, 5.74) is 3.83. The van der Waals surface area contributed by atoms with Crippen LogP contribution in [0.1, 0.15) is 49.8 Å². The van der Waals surface area contributed by atoms with Crippen LogP contribution in [0.3, 0.4) is 0 Å². The highest BCUT2D eigenvalue weighted by Gasteiger charge is 2.25. The van der Waals surface area contributed by atoms with Crippen molar-refractivity contribution in [3.05, 3.63) is 29.5 Å². The van der Waals surface area contributed by atoms with Crippen molar-refractivity contribution in [3.63, 3.8) is 0 Å². The van der Waals surface area contributed by atoms with Crippen molar-refractivity contribution in [1.29, 1.82) is 0 Å². The molecule has 0 unspecified atom stereocenters. The maximum Gasteiger partial charge on any atom is 0.243 e. The van der Waals surface area contributed by atoms with Gasteiger partial charge in [-0.15, -0.1) is 10.2 Å². The predicted molar refractivity (Wildman–Crippen MR) is 113 cm³/mol. The molecule has 156 valence electrons. The van der Waals surface area contributed by atoms with Crippen LogP contribution < -0.4 is 10.1 Å². The van der Waals surface area contributed by atoms with Crippen LogP contribution in [-0.4, -0.2) is 59.7 Å². The number of nitrogens with one attached hydrogen (secondary N) is 1. The average Bonchev–Trinajstić information content (AvgIpc) is 3.54. The summed E-state index contributed by atoms with van der Waals surface area (Å²) >= 11 is 0. The molecule has 1 aromatic heterocycles. The van der Waals surface area contributed by atoms with Crippen LogP contribution in [0.2, 0.25) is 0 Å². The Bertz CT molecular complexity index is 840. The summed E-state index contributed by atoms with van der Waals surface area (Å²) in [4.78, 5) is 7.02. The highest BCUT2D eigenvalue weighted by Crippen LogP contribution is 2.43. The zero-order valence-electron chi connectivity index (χ0n) is 17.6. The number of aromatic nitrogens is 3. The second-order valence-electron chi connectivity index (χ2n) is 8.10. The van der Waals surface area contributed by atoms with Crippen LogP contribution in [0.25, 0.3) is 11.3 Å². The highest BCUT2D eigenvalue weighted by atomic mass is 16.7. The van der Waals surface area contributed by atoms with E-state index in [1.165, 1.54) is 24.8 Å². The van der Waals surface area contributed by atoms with E-state index in [2.05, 4.69) is 50.6 Å². The SMILES string of the molecule is CCOCOc1cc(C2CC2)ccc1-c1nnc(N[C@@H]2CCCN(C)C2)nc1C. The van der Waals surface area contributed by atoms with E-state index in [9.17, 15) is 0 Å². The van der Waals surface area contributed by atoms with Crippen molar-refractivity contribution in [2.45, 2.75) is 51.5 Å². The van der Waals surface area contributed by atoms with E-state index >= 15 is 0 Å². The van der Waals surface area contributed by atoms with Crippen molar-refractivity contribution >= 4 is 5.95 Å². The number of likely N-dealkylation sites (tertiary alicyclic amines) is 1. The summed E-state index contributed by atoms with van der Waals surface area (Å²) in [6, 6.07) is 6.74. The van der Waals surface area contributed by atoms with Gasteiger partial charge in [0.15, 0.2) is 6.79 Å². The molecule has 1 N–H and O–H groups in total. The predicted octanol–water partition coefficient (Wildman–Crippen LogP) is 3.60. The lowest BCUT2D eigenvalue weighted by molar-refractivity contribution is 0.0227. The zero-order chi connectivity index (χ0) is 20.2. The standard InChI is InChI=1S/C22H31N5O2/c1-4-28-14-29-20-12-17(16-7-8-16)9-10-19(20)21-15(2)23-22(26-25-21)24-18-6-5-11-27(3)13-18/h9-10,12,16,18H,4-8,11,13-14H2,1-3H3,(H,23,24,26)/t18-/m1/s1. The molecule has 1 saturated carbocycles. The monoisotopic (exact) mass is 397 g/mol. The third kappa shape index (κ3) is 5.03. The molecule has 29 heavy (non-hydrogen) atoms. The molecule has 1 aliphatic heterocycles. The number of nitrogens with zero attached hydrogens (tertiary/aromatic N) is 4. The summed E-state index contributed by atoms with van der Waals surface area (Å²) in [5.74, 6) is 2.04. The summed E-state index contributed by atoms with van der Waals surface area (Å²) in [6.07, 6.45) is 4.82. The van der Waals surface area contributed by atoms with Crippen molar-refractivity contribution in [2.24, 2.45) is 0 Å². The molecular weight excluding hydrogens is 366 g/mol. The van der Waals surface area contributed by atoms with Crippen LogP contribution in [0, 0.1) is 6.92 Å². The molecule has 0 radical (unpaired) electrons. The van der Waals surface area contributed by atoms with Gasteiger partial charge in [-0.1, -0.05) is 6.07 Å². The molecular formula is C22H31N5O2. The van der Waals surface area contributed by atoms with E-state index in [1.807, 2.05) is 13.8 Å². The molecule has 1 saturated heterocycles. The minimum absolute atomic E-state index is 0.229. The second-order valence-corrected chi connectivity index (χ2v) is 8.10. The van der Waals surface area contributed by atoms with Crippen LogP contribution in [0.4, 0.5) is 5.95 Å². The number of rotatable bonds is 8. The van der Waals surface area contributed by atoms with Gasteiger partial charge in [-0.2, -0.15) is 0 Å². The Balaban J connectivity index is 1.55. The molecule has 4 rings (SSSR count). The summed E-state index contributed by atoms with van der Waals surface area (Å²) in [7, 11) is 2.15. The Morgan fingerprint density at radius 3 is 2.79 bits per heavy atom. The lowest BCUT2D eigenvalue weighted by Crippen LogP contribution is -2.40. The quantitative estimate of drug-likeness (QED) is 0.539. The molecule has 1 aliphatic carbocycles. The van der Waals surface area contributed by atoms with Gasteiger partial charge in [-0.05, 0) is 76.7 Å². The van der Waals surface area contributed by atoms with Crippen molar-refractivity contribution in [3.8, 4) is 17.0 Å². The summed E-state index contributed by atoms with van der Waals surface area (Å²) in [6.45, 7) is 6.93. The van der Waals surface area contributed by atoms with Gasteiger partial charge in [0.2, 0.25) is 5.95 Å². The third-order valence-corrected chi connectivity index (χ3v) is 5.63. The number of likely N-dealkylation sites (N-methyl/N-ethyl adjacent to an activating group) is 1. The number of benzene rings is 1. The lowest BCUT2D eigenvalue weighted by Gasteiger charge is -2.30. The van der Waals surface area contributed by atoms with Crippen molar-refractivity contribution in [1.82, 2.24) is 20.1 Å². The van der Waals surface area contributed by atoms with Crippen LogP contribution in [-0.2, 0) is 4.74 Å². The Hall–Kier alpha value is -2.25. The molecule has 2 heterocycles. The minimum atomic E-state index is 0.229. The van der Waals surface area contributed by atoms with Crippen LogP contribution in [0.5, 0.6) is 5.75 Å².